The van der Waals surface area contributed by atoms with Crippen molar-refractivity contribution < 1.29 is 18.9 Å². The van der Waals surface area contributed by atoms with E-state index in [1.54, 1.807) is 32.2 Å². The number of carbonyl (C=O) groups excluding carboxylic acids is 2. The molecule has 0 saturated heterocycles. The van der Waals surface area contributed by atoms with Crippen LogP contribution >= 0.6 is 0 Å². The van der Waals surface area contributed by atoms with Gasteiger partial charge in [0, 0.05) is 13.2 Å². The smallest absolute Gasteiger partial charge is 0.314 e. The predicted octanol–water partition coefficient (Wildman–Crippen LogP) is 2.96. The van der Waals surface area contributed by atoms with E-state index in [2.05, 4.69) is 4.98 Å². The first-order chi connectivity index (χ1) is 15.2. The van der Waals surface area contributed by atoms with E-state index >= 15 is 0 Å². The molecule has 1 amide bonds. The van der Waals surface area contributed by atoms with Gasteiger partial charge in [-0.05, 0) is 50.2 Å². The number of halogens is 1. The number of nitrogens with zero attached hydrogens (tertiary/aromatic N) is 3. The molecule has 0 fully saturated rings. The fourth-order valence-electron chi connectivity index (χ4n) is 3.82. The third-order valence-electron chi connectivity index (χ3n) is 5.65. The maximum atomic E-state index is 14.2. The number of amides is 1. The summed E-state index contributed by atoms with van der Waals surface area (Å²) in [4.78, 5) is 41.8. The number of likely N-dealkylation sites (N-methyl/N-ethyl adjacent to an activating group) is 2. The molecule has 0 aliphatic carbocycles. The van der Waals surface area contributed by atoms with E-state index in [1.165, 1.54) is 11.0 Å². The molecule has 168 valence electrons. The molecule has 2 aromatic carbocycles. The zero-order chi connectivity index (χ0) is 23.4. The minimum absolute atomic E-state index is 0.109. The molecule has 0 saturated carbocycles. The number of hydrogen-bond acceptors (Lipinski definition) is 5. The quantitative estimate of drug-likeness (QED) is 0.313. The van der Waals surface area contributed by atoms with Crippen LogP contribution in [0, 0.1) is 15.9 Å². The largest absolute Gasteiger partial charge is 0.361 e. The number of fused-ring (bicyclic) bond motifs is 1. The van der Waals surface area contributed by atoms with Crippen LogP contribution < -0.4 is 0 Å². The summed E-state index contributed by atoms with van der Waals surface area (Å²) in [5, 5.41) is 11.6. The lowest BCUT2D eigenvalue weighted by Crippen LogP contribution is -2.50. The van der Waals surface area contributed by atoms with Crippen molar-refractivity contribution in [1.29, 1.82) is 0 Å². The molecule has 0 radical (unpaired) electrons. The van der Waals surface area contributed by atoms with Gasteiger partial charge in [0.2, 0.25) is 11.7 Å². The number of nitro groups is 1. The Morgan fingerprint density at radius 3 is 2.44 bits per heavy atom. The maximum absolute atomic E-state index is 14.2. The van der Waals surface area contributed by atoms with Crippen molar-refractivity contribution in [2.75, 3.05) is 21.1 Å². The summed E-state index contributed by atoms with van der Waals surface area (Å²) in [5.74, 6) is -1.24. The topological polar surface area (TPSA) is 99.6 Å². The lowest BCUT2D eigenvalue weighted by atomic mass is 10.0. The highest BCUT2D eigenvalue weighted by Crippen LogP contribution is 2.32. The molecule has 32 heavy (non-hydrogen) atoms. The second kappa shape index (κ2) is 9.69. The molecule has 1 heterocycles. The summed E-state index contributed by atoms with van der Waals surface area (Å²) in [6, 6.07) is 10.5. The van der Waals surface area contributed by atoms with E-state index in [-0.39, 0.29) is 17.7 Å². The van der Waals surface area contributed by atoms with Crippen molar-refractivity contribution in [3.63, 3.8) is 0 Å². The van der Waals surface area contributed by atoms with E-state index < -0.39 is 28.5 Å². The van der Waals surface area contributed by atoms with Crippen molar-refractivity contribution in [2.45, 2.75) is 24.9 Å². The summed E-state index contributed by atoms with van der Waals surface area (Å²) in [5.41, 5.74) is 1.18. The van der Waals surface area contributed by atoms with Crippen LogP contribution in [-0.4, -0.2) is 65.1 Å². The summed E-state index contributed by atoms with van der Waals surface area (Å²) in [7, 11) is 5.00. The second-order valence-corrected chi connectivity index (χ2v) is 7.92. The molecule has 9 heteroatoms. The van der Waals surface area contributed by atoms with Gasteiger partial charge in [0.05, 0.1) is 27.9 Å². The van der Waals surface area contributed by atoms with Gasteiger partial charge in [0.15, 0.2) is 0 Å². The van der Waals surface area contributed by atoms with Crippen LogP contribution in [0.1, 0.15) is 11.1 Å². The Kier molecular flexibility index (Phi) is 6.99. The number of rotatable bonds is 9. The van der Waals surface area contributed by atoms with Crippen molar-refractivity contribution in [3.8, 4) is 0 Å². The molecule has 3 aromatic rings. The number of nitrogens with one attached hydrogen (secondary N) is 1. The zero-order valence-electron chi connectivity index (χ0n) is 18.1. The number of aldehydes is 1. The first-order valence-corrected chi connectivity index (χ1v) is 10.1. The Bertz CT molecular complexity index is 1130. The van der Waals surface area contributed by atoms with E-state index in [4.69, 9.17) is 0 Å². The number of nitro benzene ring substituents is 1. The summed E-state index contributed by atoms with van der Waals surface area (Å²) < 4.78 is 14.2. The van der Waals surface area contributed by atoms with Gasteiger partial charge in [-0.3, -0.25) is 19.8 Å². The van der Waals surface area contributed by atoms with Gasteiger partial charge >= 0.3 is 5.69 Å². The molecule has 2 atom stereocenters. The number of aromatic nitrogens is 1. The standard InChI is InChI=1S/C23H25FN4O4/c1-26(2)20(23(30)27(3)17(14-29)11-15-7-5-4-6-8-15)12-16-13-25-19-10-9-18(24)22(21(16)19)28(31)32/h4-10,13-14,17,20,25H,11-12H2,1-3H3. The van der Waals surface area contributed by atoms with Crippen LogP contribution in [-0.2, 0) is 22.4 Å². The van der Waals surface area contributed by atoms with Gasteiger partial charge in [-0.25, -0.2) is 0 Å². The zero-order valence-corrected chi connectivity index (χ0v) is 18.1. The maximum Gasteiger partial charge on any atom is 0.314 e. The predicted molar refractivity (Wildman–Crippen MR) is 119 cm³/mol. The first-order valence-electron chi connectivity index (χ1n) is 10.1. The van der Waals surface area contributed by atoms with E-state index in [0.717, 1.165) is 17.9 Å². The molecule has 0 bridgehead atoms. The second-order valence-electron chi connectivity index (χ2n) is 7.92. The lowest BCUT2D eigenvalue weighted by molar-refractivity contribution is -0.385. The Balaban J connectivity index is 1.90. The third-order valence-corrected chi connectivity index (χ3v) is 5.65. The van der Waals surface area contributed by atoms with Crippen LogP contribution in [0.4, 0.5) is 10.1 Å². The van der Waals surface area contributed by atoms with Crippen molar-refractivity contribution >= 4 is 28.8 Å². The minimum atomic E-state index is -0.933. The molecule has 0 aliphatic rings. The van der Waals surface area contributed by atoms with Gasteiger partial charge in [-0.1, -0.05) is 30.3 Å². The number of benzene rings is 2. The number of hydrogen-bond donors (Lipinski definition) is 1. The number of H-pyrrole nitrogens is 1. The van der Waals surface area contributed by atoms with Crippen LogP contribution in [0.25, 0.3) is 10.9 Å². The highest BCUT2D eigenvalue weighted by molar-refractivity contribution is 5.93. The molecule has 2 unspecified atom stereocenters. The van der Waals surface area contributed by atoms with Gasteiger partial charge in [-0.15, -0.1) is 0 Å². The fourth-order valence-corrected chi connectivity index (χ4v) is 3.82. The van der Waals surface area contributed by atoms with E-state index in [1.807, 2.05) is 30.3 Å². The van der Waals surface area contributed by atoms with E-state index in [0.29, 0.717) is 17.5 Å². The minimum Gasteiger partial charge on any atom is -0.361 e. The Labute approximate surface area is 184 Å². The van der Waals surface area contributed by atoms with Gasteiger partial charge < -0.3 is 14.7 Å². The van der Waals surface area contributed by atoms with Crippen LogP contribution in [0.5, 0.6) is 0 Å². The van der Waals surface area contributed by atoms with Gasteiger partial charge in [0.25, 0.3) is 0 Å². The fraction of sp³-hybridized carbons (Fsp3) is 0.304. The van der Waals surface area contributed by atoms with Crippen LogP contribution in [0.3, 0.4) is 0 Å². The average Bonchev–Trinajstić information content (AvgIpc) is 3.17. The van der Waals surface area contributed by atoms with Crippen molar-refractivity contribution in [1.82, 2.24) is 14.8 Å². The molecule has 0 aliphatic heterocycles. The third kappa shape index (κ3) is 4.67. The molecular weight excluding hydrogens is 415 g/mol. The summed E-state index contributed by atoms with van der Waals surface area (Å²) in [6.45, 7) is 0. The lowest BCUT2D eigenvalue weighted by Gasteiger charge is -2.31. The Morgan fingerprint density at radius 2 is 1.84 bits per heavy atom. The van der Waals surface area contributed by atoms with Gasteiger partial charge in [-0.2, -0.15) is 4.39 Å². The van der Waals surface area contributed by atoms with Gasteiger partial charge in [0.1, 0.15) is 6.29 Å². The summed E-state index contributed by atoms with van der Waals surface area (Å²) in [6.07, 6.45) is 2.78. The number of carbonyl (C=O) groups is 2. The Morgan fingerprint density at radius 1 is 1.16 bits per heavy atom. The van der Waals surface area contributed by atoms with Crippen molar-refractivity contribution in [2.24, 2.45) is 0 Å². The molecule has 1 aromatic heterocycles. The molecular formula is C23H25FN4O4. The first kappa shape index (κ1) is 23.1. The normalized spacial score (nSPS) is 13.2. The number of aromatic amines is 1. The molecule has 1 N–H and O–H groups in total. The molecule has 0 spiro atoms. The van der Waals surface area contributed by atoms with Crippen LogP contribution in [0.15, 0.2) is 48.7 Å². The highest BCUT2D eigenvalue weighted by atomic mass is 19.1. The molecule has 8 nitrogen and oxygen atoms in total. The van der Waals surface area contributed by atoms with Crippen LogP contribution in [0.2, 0.25) is 0 Å². The SMILES string of the molecule is CN(C)C(Cc1c[nH]c2ccc(F)c([N+](=O)[O-])c12)C(=O)N(C)C(C=O)Cc1ccccc1. The monoisotopic (exact) mass is 440 g/mol. The van der Waals surface area contributed by atoms with Crippen molar-refractivity contribution in [3.05, 3.63) is 75.7 Å². The average molecular weight is 440 g/mol. The molecule has 3 rings (SSSR count). The highest BCUT2D eigenvalue weighted by Gasteiger charge is 2.31. The van der Waals surface area contributed by atoms with E-state index in [9.17, 15) is 24.1 Å². The Hall–Kier alpha value is -3.59. The summed E-state index contributed by atoms with van der Waals surface area (Å²) >= 11 is 0.